The molecule has 7 heteroatoms. The molecule has 3 aromatic rings. The zero-order chi connectivity index (χ0) is 19.0. The standard InChI is InChI=1S/C19H18ClN3O3/c1-5-26-19(25)17-18(24)16-15(9-10(2)12(4)21-16)23(22-17)14-7-6-13(20)8-11(14)3/h6-9H,5H2,1-4H3. The van der Waals surface area contributed by atoms with Crippen molar-refractivity contribution in [2.75, 3.05) is 6.61 Å². The number of nitrogens with zero attached hydrogens (tertiary/aromatic N) is 3. The van der Waals surface area contributed by atoms with Gasteiger partial charge < -0.3 is 4.74 Å². The van der Waals surface area contributed by atoms with Crippen molar-refractivity contribution in [1.82, 2.24) is 14.8 Å². The molecule has 2 aromatic heterocycles. The van der Waals surface area contributed by atoms with Crippen molar-refractivity contribution >= 4 is 28.6 Å². The minimum atomic E-state index is -0.764. The third kappa shape index (κ3) is 3.08. The summed E-state index contributed by atoms with van der Waals surface area (Å²) in [6.45, 7) is 7.43. The van der Waals surface area contributed by atoms with Gasteiger partial charge in [-0.15, -0.1) is 0 Å². The number of pyridine rings is 1. The van der Waals surface area contributed by atoms with Crippen LogP contribution in [0.4, 0.5) is 0 Å². The molecule has 26 heavy (non-hydrogen) atoms. The van der Waals surface area contributed by atoms with Crippen LogP contribution in [0, 0.1) is 20.8 Å². The lowest BCUT2D eigenvalue weighted by molar-refractivity contribution is 0.0516. The summed E-state index contributed by atoms with van der Waals surface area (Å²) in [4.78, 5) is 29.4. The van der Waals surface area contributed by atoms with E-state index in [1.807, 2.05) is 26.8 Å². The van der Waals surface area contributed by atoms with Gasteiger partial charge in [0.05, 0.1) is 17.8 Å². The molecular weight excluding hydrogens is 354 g/mol. The van der Waals surface area contributed by atoms with Crippen molar-refractivity contribution < 1.29 is 9.53 Å². The molecule has 0 aliphatic carbocycles. The molecule has 0 radical (unpaired) electrons. The summed E-state index contributed by atoms with van der Waals surface area (Å²) in [5.41, 5.74) is 3.07. The van der Waals surface area contributed by atoms with Gasteiger partial charge >= 0.3 is 5.97 Å². The average Bonchev–Trinajstić information content (AvgIpc) is 2.58. The van der Waals surface area contributed by atoms with Crippen LogP contribution in [-0.2, 0) is 4.74 Å². The number of ether oxygens (including phenoxy) is 1. The molecule has 0 fully saturated rings. The van der Waals surface area contributed by atoms with Crippen LogP contribution >= 0.6 is 11.6 Å². The Morgan fingerprint density at radius 1 is 1.19 bits per heavy atom. The van der Waals surface area contributed by atoms with Crippen LogP contribution in [0.3, 0.4) is 0 Å². The van der Waals surface area contributed by atoms with Crippen LogP contribution in [0.25, 0.3) is 16.7 Å². The lowest BCUT2D eigenvalue weighted by Crippen LogP contribution is -2.25. The molecule has 0 spiro atoms. The minimum absolute atomic E-state index is 0.151. The maximum Gasteiger partial charge on any atom is 0.363 e. The average molecular weight is 372 g/mol. The normalized spacial score (nSPS) is 11.0. The first kappa shape index (κ1) is 18.1. The predicted octanol–water partition coefficient (Wildman–Crippen LogP) is 3.54. The number of aryl methyl sites for hydroxylation is 3. The summed E-state index contributed by atoms with van der Waals surface area (Å²) in [6.07, 6.45) is 0. The van der Waals surface area contributed by atoms with E-state index >= 15 is 0 Å². The van der Waals surface area contributed by atoms with Crippen LogP contribution in [0.2, 0.25) is 5.02 Å². The largest absolute Gasteiger partial charge is 0.461 e. The highest BCUT2D eigenvalue weighted by Gasteiger charge is 2.21. The van der Waals surface area contributed by atoms with Gasteiger partial charge in [-0.05, 0) is 63.1 Å². The molecule has 2 heterocycles. The smallest absolute Gasteiger partial charge is 0.363 e. The van der Waals surface area contributed by atoms with Gasteiger partial charge in [-0.3, -0.25) is 4.79 Å². The van der Waals surface area contributed by atoms with E-state index in [1.165, 1.54) is 0 Å². The number of esters is 1. The molecule has 0 atom stereocenters. The molecule has 0 saturated heterocycles. The third-order valence-corrected chi connectivity index (χ3v) is 4.40. The summed E-state index contributed by atoms with van der Waals surface area (Å²) >= 11 is 6.05. The fourth-order valence-corrected chi connectivity index (χ4v) is 2.93. The van der Waals surface area contributed by atoms with Gasteiger partial charge in [0.1, 0.15) is 5.52 Å². The van der Waals surface area contributed by atoms with Crippen LogP contribution in [0.1, 0.15) is 34.2 Å². The Morgan fingerprint density at radius 2 is 1.92 bits per heavy atom. The number of rotatable bonds is 3. The number of aromatic nitrogens is 3. The first-order valence-electron chi connectivity index (χ1n) is 8.18. The number of carbonyl (C=O) groups is 1. The van der Waals surface area contributed by atoms with Crippen LogP contribution in [-0.4, -0.2) is 27.3 Å². The van der Waals surface area contributed by atoms with Crippen molar-refractivity contribution in [1.29, 1.82) is 0 Å². The summed E-state index contributed by atoms with van der Waals surface area (Å²) in [5.74, 6) is -0.764. The molecule has 0 saturated carbocycles. The minimum Gasteiger partial charge on any atom is -0.461 e. The van der Waals surface area contributed by atoms with E-state index in [0.717, 1.165) is 16.8 Å². The fourth-order valence-electron chi connectivity index (χ4n) is 2.70. The van der Waals surface area contributed by atoms with Gasteiger partial charge in [-0.25, -0.2) is 14.5 Å². The molecule has 6 nitrogen and oxygen atoms in total. The molecule has 0 N–H and O–H groups in total. The van der Waals surface area contributed by atoms with Crippen LogP contribution in [0.15, 0.2) is 29.1 Å². The Balaban J connectivity index is 2.43. The lowest BCUT2D eigenvalue weighted by Gasteiger charge is -2.15. The van der Waals surface area contributed by atoms with E-state index in [0.29, 0.717) is 16.2 Å². The highest BCUT2D eigenvalue weighted by atomic mass is 35.5. The van der Waals surface area contributed by atoms with E-state index in [4.69, 9.17) is 16.3 Å². The second kappa shape index (κ2) is 6.88. The summed E-state index contributed by atoms with van der Waals surface area (Å²) in [5, 5.41) is 4.89. The van der Waals surface area contributed by atoms with Crippen molar-refractivity contribution in [2.45, 2.75) is 27.7 Å². The van der Waals surface area contributed by atoms with Gasteiger partial charge in [-0.1, -0.05) is 11.6 Å². The molecule has 3 rings (SSSR count). The van der Waals surface area contributed by atoms with Crippen molar-refractivity contribution in [2.24, 2.45) is 0 Å². The SMILES string of the molecule is CCOC(=O)c1nn(-c2ccc(Cl)cc2C)c2cc(C)c(C)nc2c1=O. The first-order valence-corrected chi connectivity index (χ1v) is 8.56. The van der Waals surface area contributed by atoms with Crippen molar-refractivity contribution in [3.05, 3.63) is 62.0 Å². The van der Waals surface area contributed by atoms with E-state index < -0.39 is 11.4 Å². The summed E-state index contributed by atoms with van der Waals surface area (Å²) in [7, 11) is 0. The highest BCUT2D eigenvalue weighted by molar-refractivity contribution is 6.30. The number of benzene rings is 1. The maximum absolute atomic E-state index is 12.8. The zero-order valence-electron chi connectivity index (χ0n) is 15.0. The van der Waals surface area contributed by atoms with E-state index in [9.17, 15) is 9.59 Å². The molecule has 1 aromatic carbocycles. The van der Waals surface area contributed by atoms with Crippen molar-refractivity contribution in [3.8, 4) is 5.69 Å². The Morgan fingerprint density at radius 3 is 2.58 bits per heavy atom. The summed E-state index contributed by atoms with van der Waals surface area (Å²) in [6, 6.07) is 7.16. The lowest BCUT2D eigenvalue weighted by atomic mass is 10.1. The summed E-state index contributed by atoms with van der Waals surface area (Å²) < 4.78 is 6.54. The van der Waals surface area contributed by atoms with Crippen LogP contribution in [0.5, 0.6) is 0 Å². The van der Waals surface area contributed by atoms with E-state index in [-0.39, 0.29) is 17.8 Å². The predicted molar refractivity (Wildman–Crippen MR) is 100 cm³/mol. The first-order chi connectivity index (χ1) is 12.3. The quantitative estimate of drug-likeness (QED) is 0.658. The molecule has 0 amide bonds. The molecule has 0 bridgehead atoms. The van der Waals surface area contributed by atoms with E-state index in [1.54, 1.807) is 29.8 Å². The second-order valence-electron chi connectivity index (χ2n) is 6.00. The number of hydrogen-bond donors (Lipinski definition) is 0. The topological polar surface area (TPSA) is 74.1 Å². The van der Waals surface area contributed by atoms with Gasteiger partial charge in [-0.2, -0.15) is 5.10 Å². The number of hydrogen-bond acceptors (Lipinski definition) is 5. The zero-order valence-corrected chi connectivity index (χ0v) is 15.7. The maximum atomic E-state index is 12.8. The Bertz CT molecular complexity index is 1090. The van der Waals surface area contributed by atoms with Crippen molar-refractivity contribution in [3.63, 3.8) is 0 Å². The number of halogens is 1. The van der Waals surface area contributed by atoms with Gasteiger partial charge in [0.2, 0.25) is 11.1 Å². The van der Waals surface area contributed by atoms with Gasteiger partial charge in [0, 0.05) is 10.7 Å². The third-order valence-electron chi connectivity index (χ3n) is 4.16. The Labute approximate surface area is 155 Å². The molecule has 0 aliphatic heterocycles. The van der Waals surface area contributed by atoms with Crippen LogP contribution < -0.4 is 5.43 Å². The Kier molecular flexibility index (Phi) is 4.78. The molecular formula is C19H18ClN3O3. The molecule has 0 unspecified atom stereocenters. The van der Waals surface area contributed by atoms with Gasteiger partial charge in [0.15, 0.2) is 0 Å². The fraction of sp³-hybridized carbons (Fsp3) is 0.263. The number of carbonyl (C=O) groups excluding carboxylic acids is 1. The molecule has 134 valence electrons. The monoisotopic (exact) mass is 371 g/mol. The highest BCUT2D eigenvalue weighted by Crippen LogP contribution is 2.22. The Hall–Kier alpha value is -2.73. The van der Waals surface area contributed by atoms with Gasteiger partial charge in [0.25, 0.3) is 0 Å². The van der Waals surface area contributed by atoms with E-state index in [2.05, 4.69) is 10.1 Å². The number of fused-ring (bicyclic) bond motifs is 1. The second-order valence-corrected chi connectivity index (χ2v) is 6.44. The molecule has 0 aliphatic rings.